The van der Waals surface area contributed by atoms with Crippen LogP contribution in [0, 0.1) is 19.8 Å². The third-order valence-electron chi connectivity index (χ3n) is 5.67. The maximum absolute atomic E-state index is 13.2. The van der Waals surface area contributed by atoms with E-state index < -0.39 is 0 Å². The SMILES string of the molecule is Cc1noc(C)c1-c1cc2c(c(C(=O)C3CCCO3)c1)N=C(C1CC1)C2. The summed E-state index contributed by atoms with van der Waals surface area (Å²) in [4.78, 5) is 18.0. The van der Waals surface area contributed by atoms with Crippen LogP contribution < -0.4 is 0 Å². The summed E-state index contributed by atoms with van der Waals surface area (Å²) in [6.07, 6.45) is 4.69. The molecule has 1 aromatic carbocycles. The van der Waals surface area contributed by atoms with Crippen LogP contribution in [0.3, 0.4) is 0 Å². The van der Waals surface area contributed by atoms with Gasteiger partial charge in [-0.3, -0.25) is 9.79 Å². The molecule has 134 valence electrons. The molecule has 26 heavy (non-hydrogen) atoms. The van der Waals surface area contributed by atoms with Crippen molar-refractivity contribution in [2.24, 2.45) is 10.9 Å². The second kappa shape index (κ2) is 5.88. The first kappa shape index (κ1) is 15.9. The molecule has 1 atom stereocenters. The van der Waals surface area contributed by atoms with Gasteiger partial charge in [-0.1, -0.05) is 5.16 Å². The second-order valence-electron chi connectivity index (χ2n) is 7.65. The van der Waals surface area contributed by atoms with E-state index in [1.54, 1.807) is 0 Å². The highest BCUT2D eigenvalue weighted by Gasteiger charge is 2.35. The number of ketones is 1. The van der Waals surface area contributed by atoms with E-state index in [-0.39, 0.29) is 11.9 Å². The van der Waals surface area contributed by atoms with Gasteiger partial charge in [0.25, 0.3) is 0 Å². The van der Waals surface area contributed by atoms with Crippen LogP contribution in [0.5, 0.6) is 0 Å². The molecule has 0 radical (unpaired) electrons. The Hall–Kier alpha value is -2.27. The van der Waals surface area contributed by atoms with Gasteiger partial charge in [0.1, 0.15) is 11.9 Å². The highest BCUT2D eigenvalue weighted by atomic mass is 16.5. The minimum atomic E-state index is -0.334. The number of carbonyl (C=O) groups is 1. The number of hydrogen-bond donors (Lipinski definition) is 0. The predicted molar refractivity (Wildman–Crippen MR) is 98.2 cm³/mol. The number of carbonyl (C=O) groups excluding carboxylic acids is 1. The van der Waals surface area contributed by atoms with Gasteiger partial charge in [-0.15, -0.1) is 0 Å². The fourth-order valence-corrected chi connectivity index (χ4v) is 4.18. The minimum absolute atomic E-state index is 0.0631. The summed E-state index contributed by atoms with van der Waals surface area (Å²) in [5, 5.41) is 4.08. The summed E-state index contributed by atoms with van der Waals surface area (Å²) in [7, 11) is 0. The van der Waals surface area contributed by atoms with Crippen LogP contribution in [0.4, 0.5) is 5.69 Å². The lowest BCUT2D eigenvalue weighted by Crippen LogP contribution is -2.19. The maximum atomic E-state index is 13.2. The van der Waals surface area contributed by atoms with E-state index in [2.05, 4.69) is 11.2 Å². The zero-order valence-corrected chi connectivity index (χ0v) is 15.2. The largest absolute Gasteiger partial charge is 0.370 e. The van der Waals surface area contributed by atoms with Crippen LogP contribution in [-0.4, -0.2) is 29.4 Å². The summed E-state index contributed by atoms with van der Waals surface area (Å²) < 4.78 is 11.0. The van der Waals surface area contributed by atoms with Gasteiger partial charge in [-0.2, -0.15) is 0 Å². The molecule has 5 heteroatoms. The Bertz CT molecular complexity index is 911. The molecule has 3 heterocycles. The highest BCUT2D eigenvalue weighted by molar-refractivity contribution is 6.09. The summed E-state index contributed by atoms with van der Waals surface area (Å²) >= 11 is 0. The van der Waals surface area contributed by atoms with Crippen LogP contribution in [0.25, 0.3) is 11.1 Å². The Labute approximate surface area is 152 Å². The van der Waals surface area contributed by atoms with Crippen molar-refractivity contribution in [1.29, 1.82) is 0 Å². The van der Waals surface area contributed by atoms with Gasteiger partial charge < -0.3 is 9.26 Å². The van der Waals surface area contributed by atoms with Crippen molar-refractivity contribution in [2.45, 2.75) is 52.1 Å². The van der Waals surface area contributed by atoms with E-state index in [0.29, 0.717) is 18.1 Å². The average molecular weight is 350 g/mol. The number of aliphatic imine (C=N–C) groups is 1. The number of benzene rings is 1. The Morgan fingerprint density at radius 2 is 2.04 bits per heavy atom. The van der Waals surface area contributed by atoms with E-state index >= 15 is 0 Å². The Morgan fingerprint density at radius 3 is 2.69 bits per heavy atom. The number of nitrogens with zero attached hydrogens (tertiary/aromatic N) is 2. The van der Waals surface area contributed by atoms with E-state index in [9.17, 15) is 4.79 Å². The monoisotopic (exact) mass is 350 g/mol. The zero-order valence-electron chi connectivity index (χ0n) is 15.2. The third kappa shape index (κ3) is 2.53. The van der Waals surface area contributed by atoms with Crippen LogP contribution in [0.2, 0.25) is 0 Å². The van der Waals surface area contributed by atoms with Crippen molar-refractivity contribution in [1.82, 2.24) is 5.16 Å². The molecule has 1 unspecified atom stereocenters. The molecule has 2 aliphatic heterocycles. The smallest absolute Gasteiger partial charge is 0.193 e. The number of ether oxygens (including phenoxy) is 1. The lowest BCUT2D eigenvalue weighted by Gasteiger charge is -2.13. The second-order valence-corrected chi connectivity index (χ2v) is 7.65. The first-order valence-corrected chi connectivity index (χ1v) is 9.45. The van der Waals surface area contributed by atoms with Gasteiger partial charge in [-0.25, -0.2) is 0 Å². The van der Waals surface area contributed by atoms with Crippen LogP contribution in [0.1, 0.15) is 53.1 Å². The molecule has 1 aliphatic carbocycles. The standard InChI is InChI=1S/C21H22N2O3/c1-11-19(12(2)26-23-11)14-8-15-10-17(13-5-6-13)22-20(15)16(9-14)21(24)18-4-3-7-25-18/h8-9,13,18H,3-7,10H2,1-2H3. The molecule has 3 aliphatic rings. The number of Topliss-reactive ketones (excluding diaryl/α,β-unsaturated/α-hetero) is 1. The predicted octanol–water partition coefficient (Wildman–Crippen LogP) is 4.36. The lowest BCUT2D eigenvalue weighted by molar-refractivity contribution is 0.0643. The fourth-order valence-electron chi connectivity index (χ4n) is 4.18. The van der Waals surface area contributed by atoms with Crippen molar-refractivity contribution in [3.63, 3.8) is 0 Å². The van der Waals surface area contributed by atoms with Crippen molar-refractivity contribution < 1.29 is 14.1 Å². The molecule has 5 rings (SSSR count). The number of fused-ring (bicyclic) bond motifs is 1. The molecule has 0 N–H and O–H groups in total. The maximum Gasteiger partial charge on any atom is 0.193 e. The molecular formula is C21H22N2O3. The lowest BCUT2D eigenvalue weighted by atomic mass is 9.92. The summed E-state index contributed by atoms with van der Waals surface area (Å²) in [5.74, 6) is 1.45. The van der Waals surface area contributed by atoms with Gasteiger partial charge >= 0.3 is 0 Å². The minimum Gasteiger partial charge on any atom is -0.370 e. The van der Waals surface area contributed by atoms with Crippen LogP contribution >= 0.6 is 0 Å². The summed E-state index contributed by atoms with van der Waals surface area (Å²) in [5.41, 5.74) is 6.76. The van der Waals surface area contributed by atoms with Gasteiger partial charge in [0, 0.05) is 29.9 Å². The number of aryl methyl sites for hydroxylation is 2. The van der Waals surface area contributed by atoms with Crippen LogP contribution in [0.15, 0.2) is 21.6 Å². The van der Waals surface area contributed by atoms with Gasteiger partial charge in [0.2, 0.25) is 0 Å². The summed E-state index contributed by atoms with van der Waals surface area (Å²) in [6, 6.07) is 4.13. The first-order valence-electron chi connectivity index (χ1n) is 9.45. The highest BCUT2D eigenvalue weighted by Crippen LogP contribution is 2.43. The Balaban J connectivity index is 1.64. The van der Waals surface area contributed by atoms with Crippen molar-refractivity contribution >= 4 is 17.2 Å². The number of hydrogen-bond acceptors (Lipinski definition) is 5. The number of aromatic nitrogens is 1. The molecular weight excluding hydrogens is 328 g/mol. The Kier molecular flexibility index (Phi) is 3.60. The van der Waals surface area contributed by atoms with Gasteiger partial charge in [0.15, 0.2) is 5.78 Å². The van der Waals surface area contributed by atoms with Crippen molar-refractivity contribution in [3.8, 4) is 11.1 Å². The van der Waals surface area contributed by atoms with E-state index in [4.69, 9.17) is 14.3 Å². The molecule has 1 aromatic heterocycles. The van der Waals surface area contributed by atoms with E-state index in [1.807, 2.05) is 19.9 Å². The van der Waals surface area contributed by atoms with Gasteiger partial charge in [-0.05, 0) is 68.7 Å². The quantitative estimate of drug-likeness (QED) is 0.769. The fraction of sp³-hybridized carbons (Fsp3) is 0.476. The molecule has 1 saturated carbocycles. The molecule has 2 aromatic rings. The molecule has 5 nitrogen and oxygen atoms in total. The van der Waals surface area contributed by atoms with Crippen molar-refractivity contribution in [2.75, 3.05) is 6.61 Å². The molecule has 1 saturated heterocycles. The molecule has 0 amide bonds. The summed E-state index contributed by atoms with van der Waals surface area (Å²) in [6.45, 7) is 4.52. The zero-order chi connectivity index (χ0) is 17.8. The number of rotatable bonds is 4. The molecule has 2 fully saturated rings. The molecule has 0 spiro atoms. The van der Waals surface area contributed by atoms with E-state index in [1.165, 1.54) is 18.6 Å². The van der Waals surface area contributed by atoms with Crippen LogP contribution in [-0.2, 0) is 11.2 Å². The topological polar surface area (TPSA) is 64.7 Å². The Morgan fingerprint density at radius 1 is 1.19 bits per heavy atom. The normalized spacial score (nSPS) is 21.8. The van der Waals surface area contributed by atoms with Gasteiger partial charge in [0.05, 0.1) is 11.4 Å². The molecule has 0 bridgehead atoms. The van der Waals surface area contributed by atoms with E-state index in [0.717, 1.165) is 53.1 Å². The third-order valence-corrected chi connectivity index (χ3v) is 5.67. The van der Waals surface area contributed by atoms with Crippen molar-refractivity contribution in [3.05, 3.63) is 34.7 Å². The average Bonchev–Trinajstić information content (AvgIpc) is 3.04. The first-order chi connectivity index (χ1) is 12.6.